The smallest absolute Gasteiger partial charge is 0.243 e. The fourth-order valence-corrected chi connectivity index (χ4v) is 9.62. The predicted molar refractivity (Wildman–Crippen MR) is 199 cm³/mol. The molecule has 2 aromatic rings. The van der Waals surface area contributed by atoms with Crippen LogP contribution in [0.1, 0.15) is 85.1 Å². The van der Waals surface area contributed by atoms with Crippen LogP contribution in [0.4, 0.5) is 0 Å². The van der Waals surface area contributed by atoms with Gasteiger partial charge in [0, 0.05) is 26.2 Å². The number of hydrogen-bond acceptors (Lipinski definition) is 8. The summed E-state index contributed by atoms with van der Waals surface area (Å²) < 4.78 is 29.9. The SMILES string of the molecule is CCC(C)C(NC(=O)C(C)NC1(S(=O)(=O)N2CCN(C)CC2)CCCCC1)C(=O)N[C@@H](Cc1ccc2ccccc2c1)[C@@H](O)[C@@H](O)CC(C)C. The van der Waals surface area contributed by atoms with Crippen molar-refractivity contribution < 1.29 is 28.2 Å². The van der Waals surface area contributed by atoms with Crippen molar-refractivity contribution >= 4 is 32.6 Å². The molecule has 2 aromatic carbocycles. The van der Waals surface area contributed by atoms with E-state index in [2.05, 4.69) is 20.9 Å². The Morgan fingerprint density at radius 3 is 2.14 bits per heavy atom. The third-order valence-corrected chi connectivity index (χ3v) is 13.3. The van der Waals surface area contributed by atoms with Gasteiger partial charge in [0.15, 0.2) is 0 Å². The summed E-state index contributed by atoms with van der Waals surface area (Å²) in [4.78, 5) is 28.8. The Labute approximate surface area is 299 Å². The summed E-state index contributed by atoms with van der Waals surface area (Å²) in [6.45, 7) is 11.5. The average molecular weight is 716 g/mol. The number of carbonyl (C=O) groups excluding carboxylic acids is 2. The van der Waals surface area contributed by atoms with Gasteiger partial charge in [-0.05, 0) is 67.8 Å². The number of nitrogens with zero attached hydrogens (tertiary/aromatic N) is 2. The second kappa shape index (κ2) is 17.7. The van der Waals surface area contributed by atoms with Gasteiger partial charge in [-0.2, -0.15) is 4.31 Å². The van der Waals surface area contributed by atoms with Gasteiger partial charge in [0.1, 0.15) is 17.0 Å². The number of aliphatic hydroxyl groups is 2. The minimum atomic E-state index is -3.77. The number of hydrogen-bond donors (Lipinski definition) is 5. The largest absolute Gasteiger partial charge is 0.390 e. The molecule has 1 heterocycles. The summed E-state index contributed by atoms with van der Waals surface area (Å²) in [5.41, 5.74) is 0.895. The molecule has 6 atom stereocenters. The molecular formula is C38H61N5O6S. The van der Waals surface area contributed by atoms with Crippen molar-refractivity contribution in [3.05, 3.63) is 48.0 Å². The van der Waals surface area contributed by atoms with Gasteiger partial charge in [0.25, 0.3) is 0 Å². The van der Waals surface area contributed by atoms with Crippen molar-refractivity contribution in [2.24, 2.45) is 11.8 Å². The fraction of sp³-hybridized carbons (Fsp3) is 0.684. The Bertz CT molecular complexity index is 1520. The molecule has 0 aromatic heterocycles. The van der Waals surface area contributed by atoms with E-state index < -0.39 is 57.0 Å². The molecule has 5 N–H and O–H groups in total. The molecule has 4 rings (SSSR count). The van der Waals surface area contributed by atoms with Crippen LogP contribution in [0.2, 0.25) is 0 Å². The second-order valence-corrected chi connectivity index (χ2v) is 17.4. The summed E-state index contributed by atoms with van der Waals surface area (Å²) in [7, 11) is -1.78. The number of aliphatic hydroxyl groups excluding tert-OH is 2. The standard InChI is InChI=1S/C38H61N5O6S/c1-7-27(4)34(40-36(46)28(5)41-38(17-11-8-12-18-38)50(48,49)43-21-19-42(6)20-22-43)37(47)39-32(35(45)33(44)23-26(2)3)25-29-15-16-30-13-9-10-14-31(30)24-29/h9-10,13-16,24,26-28,32-35,41,44-45H,7-8,11-12,17-23,25H2,1-6H3,(H,39,47)(H,40,46)/t27?,28?,32-,33-,34?,35+/m0/s1. The zero-order chi connectivity index (χ0) is 36.6. The highest BCUT2D eigenvalue weighted by Crippen LogP contribution is 2.36. The lowest BCUT2D eigenvalue weighted by atomic mass is 9.91. The van der Waals surface area contributed by atoms with Gasteiger partial charge >= 0.3 is 0 Å². The first-order chi connectivity index (χ1) is 23.7. The van der Waals surface area contributed by atoms with Gasteiger partial charge < -0.3 is 25.7 Å². The minimum absolute atomic E-state index is 0.130. The van der Waals surface area contributed by atoms with Crippen LogP contribution >= 0.6 is 0 Å². The van der Waals surface area contributed by atoms with Gasteiger partial charge in [-0.3, -0.25) is 14.9 Å². The summed E-state index contributed by atoms with van der Waals surface area (Å²) in [6.07, 6.45) is 2.20. The Morgan fingerprint density at radius 2 is 1.52 bits per heavy atom. The van der Waals surface area contributed by atoms with E-state index in [-0.39, 0.29) is 18.3 Å². The number of piperazine rings is 1. The number of nitrogens with one attached hydrogen (secondary N) is 3. The molecule has 12 heteroatoms. The maximum Gasteiger partial charge on any atom is 0.243 e. The molecule has 1 aliphatic heterocycles. The number of likely N-dealkylation sites (N-methyl/N-ethyl adjacent to an activating group) is 1. The number of rotatable bonds is 16. The monoisotopic (exact) mass is 715 g/mol. The van der Waals surface area contributed by atoms with E-state index in [1.165, 1.54) is 0 Å². The molecule has 2 aliphatic rings. The molecule has 280 valence electrons. The van der Waals surface area contributed by atoms with E-state index in [1.54, 1.807) is 11.2 Å². The van der Waals surface area contributed by atoms with Crippen LogP contribution in [0.3, 0.4) is 0 Å². The molecule has 1 aliphatic carbocycles. The normalized spacial score (nSPS) is 21.2. The van der Waals surface area contributed by atoms with E-state index >= 15 is 0 Å². The summed E-state index contributed by atoms with van der Waals surface area (Å²) in [5, 5.41) is 33.6. The number of carbonyl (C=O) groups is 2. The summed E-state index contributed by atoms with van der Waals surface area (Å²) in [6, 6.07) is 11.3. The minimum Gasteiger partial charge on any atom is -0.390 e. The summed E-state index contributed by atoms with van der Waals surface area (Å²) in [5.74, 6) is -1.05. The van der Waals surface area contributed by atoms with Crippen LogP contribution in [0.25, 0.3) is 10.8 Å². The lowest BCUT2D eigenvalue weighted by Crippen LogP contribution is -2.65. The highest BCUT2D eigenvalue weighted by Gasteiger charge is 2.49. The van der Waals surface area contributed by atoms with Crippen molar-refractivity contribution in [3.63, 3.8) is 0 Å². The van der Waals surface area contributed by atoms with Crippen molar-refractivity contribution in [2.75, 3.05) is 33.2 Å². The predicted octanol–water partition coefficient (Wildman–Crippen LogP) is 3.38. The van der Waals surface area contributed by atoms with Crippen molar-refractivity contribution in [3.8, 4) is 0 Å². The molecule has 0 radical (unpaired) electrons. The molecule has 2 fully saturated rings. The quantitative estimate of drug-likeness (QED) is 0.178. The topological polar surface area (TPSA) is 151 Å². The maximum absolute atomic E-state index is 14.1. The van der Waals surface area contributed by atoms with Gasteiger partial charge in [-0.1, -0.05) is 95.8 Å². The Balaban J connectivity index is 1.53. The average Bonchev–Trinajstić information content (AvgIpc) is 3.09. The molecule has 1 saturated carbocycles. The molecule has 1 saturated heterocycles. The third kappa shape index (κ3) is 9.83. The first kappa shape index (κ1) is 40.2. The lowest BCUT2D eigenvalue weighted by molar-refractivity contribution is -0.132. The Morgan fingerprint density at radius 1 is 0.880 bits per heavy atom. The van der Waals surface area contributed by atoms with Crippen molar-refractivity contribution in [1.82, 2.24) is 25.2 Å². The highest BCUT2D eigenvalue weighted by molar-refractivity contribution is 7.90. The molecule has 0 bridgehead atoms. The van der Waals surface area contributed by atoms with Gasteiger partial charge in [0.05, 0.1) is 18.2 Å². The van der Waals surface area contributed by atoms with Crippen LogP contribution in [0.5, 0.6) is 0 Å². The third-order valence-electron chi connectivity index (χ3n) is 10.7. The molecule has 50 heavy (non-hydrogen) atoms. The van der Waals surface area contributed by atoms with Crippen molar-refractivity contribution in [2.45, 2.75) is 121 Å². The summed E-state index contributed by atoms with van der Waals surface area (Å²) >= 11 is 0. The molecule has 2 amide bonds. The Kier molecular flexibility index (Phi) is 14.3. The van der Waals surface area contributed by atoms with Crippen LogP contribution in [0.15, 0.2) is 42.5 Å². The lowest BCUT2D eigenvalue weighted by Gasteiger charge is -2.44. The number of benzene rings is 2. The molecule has 0 spiro atoms. The van der Waals surface area contributed by atoms with E-state index in [9.17, 15) is 28.2 Å². The van der Waals surface area contributed by atoms with Crippen LogP contribution in [-0.2, 0) is 26.0 Å². The Hall–Kier alpha value is -2.61. The van der Waals surface area contributed by atoms with Crippen molar-refractivity contribution in [1.29, 1.82) is 0 Å². The molecular weight excluding hydrogens is 655 g/mol. The number of sulfonamides is 1. The zero-order valence-corrected chi connectivity index (χ0v) is 31.7. The van der Waals surface area contributed by atoms with E-state index in [1.807, 2.05) is 77.2 Å². The van der Waals surface area contributed by atoms with E-state index in [4.69, 9.17) is 0 Å². The first-order valence-electron chi connectivity index (χ1n) is 18.6. The van der Waals surface area contributed by atoms with E-state index in [0.717, 1.165) is 35.6 Å². The van der Waals surface area contributed by atoms with Crippen LogP contribution < -0.4 is 16.0 Å². The zero-order valence-electron chi connectivity index (χ0n) is 30.9. The molecule has 11 nitrogen and oxygen atoms in total. The maximum atomic E-state index is 14.1. The van der Waals surface area contributed by atoms with Crippen LogP contribution in [-0.4, -0.2) is 108 Å². The van der Waals surface area contributed by atoms with Gasteiger partial charge in [0.2, 0.25) is 21.8 Å². The molecule has 3 unspecified atom stereocenters. The van der Waals surface area contributed by atoms with Gasteiger partial charge in [-0.25, -0.2) is 8.42 Å². The fourth-order valence-electron chi connectivity index (χ4n) is 7.36. The second-order valence-electron chi connectivity index (χ2n) is 15.2. The number of fused-ring (bicyclic) bond motifs is 1. The van der Waals surface area contributed by atoms with Crippen LogP contribution in [0, 0.1) is 11.8 Å². The number of amides is 2. The van der Waals surface area contributed by atoms with Gasteiger partial charge in [-0.15, -0.1) is 0 Å². The van der Waals surface area contributed by atoms with E-state index in [0.29, 0.717) is 51.9 Å². The highest BCUT2D eigenvalue weighted by atomic mass is 32.2. The first-order valence-corrected chi connectivity index (χ1v) is 20.0.